The molecular weight excluding hydrogens is 362 g/mol. The van der Waals surface area contributed by atoms with E-state index in [0.29, 0.717) is 10.6 Å². The summed E-state index contributed by atoms with van der Waals surface area (Å²) in [6.45, 7) is 4.04. The molecule has 0 bridgehead atoms. The monoisotopic (exact) mass is 381 g/mol. The summed E-state index contributed by atoms with van der Waals surface area (Å²) >= 11 is 5.84. The van der Waals surface area contributed by atoms with E-state index in [1.54, 1.807) is 30.3 Å². The molecule has 3 rings (SSSR count). The van der Waals surface area contributed by atoms with E-state index in [1.807, 2.05) is 38.1 Å². The van der Waals surface area contributed by atoms with Crippen molar-refractivity contribution in [3.05, 3.63) is 76.4 Å². The molecule has 0 aliphatic heterocycles. The average Bonchev–Trinajstić information content (AvgIpc) is 2.67. The quantitative estimate of drug-likeness (QED) is 0.670. The van der Waals surface area contributed by atoms with Crippen LogP contribution in [-0.2, 0) is 11.2 Å². The molecule has 0 atom stereocenters. The Kier molecular flexibility index (Phi) is 5.72. The number of fused-ring (bicyclic) bond motifs is 1. The molecule has 0 fully saturated rings. The molecular formula is C21H20ClN3O2. The minimum Gasteiger partial charge on any atom is -0.273 e. The summed E-state index contributed by atoms with van der Waals surface area (Å²) in [7, 11) is 0. The summed E-state index contributed by atoms with van der Waals surface area (Å²) in [6.07, 6.45) is 0.145. The lowest BCUT2D eigenvalue weighted by molar-refractivity contribution is -0.121. The number of para-hydroxylation sites is 1. The Labute approximate surface area is 162 Å². The van der Waals surface area contributed by atoms with E-state index < -0.39 is 0 Å². The summed E-state index contributed by atoms with van der Waals surface area (Å²) < 4.78 is 0. The van der Waals surface area contributed by atoms with Crippen LogP contribution in [0.1, 0.15) is 41.4 Å². The van der Waals surface area contributed by atoms with E-state index in [1.165, 1.54) is 0 Å². The predicted octanol–water partition coefficient (Wildman–Crippen LogP) is 4.02. The Bertz CT molecular complexity index is 984. The minimum atomic E-state index is -0.375. The van der Waals surface area contributed by atoms with Crippen LogP contribution in [0.3, 0.4) is 0 Å². The summed E-state index contributed by atoms with van der Waals surface area (Å²) in [5, 5.41) is 1.35. The van der Waals surface area contributed by atoms with Gasteiger partial charge in [0.2, 0.25) is 5.91 Å². The van der Waals surface area contributed by atoms with Crippen LogP contribution < -0.4 is 10.9 Å². The molecule has 1 heterocycles. The van der Waals surface area contributed by atoms with Crippen LogP contribution in [0.4, 0.5) is 0 Å². The normalized spacial score (nSPS) is 10.8. The first-order chi connectivity index (χ1) is 12.9. The predicted molar refractivity (Wildman–Crippen MR) is 107 cm³/mol. The first-order valence-corrected chi connectivity index (χ1v) is 9.05. The number of carbonyl (C=O) groups excluding carboxylic acids is 2. The van der Waals surface area contributed by atoms with Crippen molar-refractivity contribution < 1.29 is 9.59 Å². The van der Waals surface area contributed by atoms with Crippen LogP contribution in [0.25, 0.3) is 10.9 Å². The Hall–Kier alpha value is -2.92. The van der Waals surface area contributed by atoms with Gasteiger partial charge in [0.25, 0.3) is 5.91 Å². The average molecular weight is 382 g/mol. The number of hydrogen-bond acceptors (Lipinski definition) is 3. The van der Waals surface area contributed by atoms with Crippen molar-refractivity contribution in [2.24, 2.45) is 0 Å². The molecule has 0 unspecified atom stereocenters. The molecule has 138 valence electrons. The van der Waals surface area contributed by atoms with Crippen molar-refractivity contribution in [2.75, 3.05) is 0 Å². The third-order valence-corrected chi connectivity index (χ3v) is 4.42. The largest absolute Gasteiger partial charge is 0.273 e. The number of nitrogens with one attached hydrogen (secondary N) is 2. The number of hydrogen-bond donors (Lipinski definition) is 2. The molecule has 0 aliphatic rings. The molecule has 2 amide bonds. The fourth-order valence-electron chi connectivity index (χ4n) is 2.71. The summed E-state index contributed by atoms with van der Waals surface area (Å²) in [4.78, 5) is 29.4. The molecule has 0 saturated carbocycles. The van der Waals surface area contributed by atoms with Gasteiger partial charge < -0.3 is 0 Å². The number of hydrazine groups is 1. The highest BCUT2D eigenvalue weighted by molar-refractivity contribution is 6.30. The van der Waals surface area contributed by atoms with Crippen molar-refractivity contribution >= 4 is 34.3 Å². The number of halogens is 1. The zero-order chi connectivity index (χ0) is 19.4. The number of rotatable bonds is 4. The Morgan fingerprint density at radius 1 is 1.04 bits per heavy atom. The maximum absolute atomic E-state index is 12.7. The molecule has 0 aliphatic carbocycles. The molecule has 2 aromatic carbocycles. The molecule has 2 N–H and O–H groups in total. The fourth-order valence-corrected chi connectivity index (χ4v) is 2.83. The number of benzene rings is 2. The second-order valence-electron chi connectivity index (χ2n) is 6.57. The van der Waals surface area contributed by atoms with Gasteiger partial charge in [-0.2, -0.15) is 0 Å². The molecule has 0 saturated heterocycles. The van der Waals surface area contributed by atoms with Gasteiger partial charge in [-0.05, 0) is 35.7 Å². The number of amides is 2. The molecule has 5 nitrogen and oxygen atoms in total. The van der Waals surface area contributed by atoms with Gasteiger partial charge in [0.05, 0.1) is 17.5 Å². The van der Waals surface area contributed by atoms with Gasteiger partial charge in [0, 0.05) is 16.1 Å². The maximum Gasteiger partial charge on any atom is 0.270 e. The van der Waals surface area contributed by atoms with Crippen molar-refractivity contribution in [2.45, 2.75) is 26.2 Å². The lowest BCUT2D eigenvalue weighted by Crippen LogP contribution is -2.42. The van der Waals surface area contributed by atoms with Crippen LogP contribution >= 0.6 is 11.6 Å². The molecule has 0 radical (unpaired) electrons. The number of aromatic nitrogens is 1. The summed E-state index contributed by atoms with van der Waals surface area (Å²) in [5.74, 6) is -0.506. The van der Waals surface area contributed by atoms with E-state index >= 15 is 0 Å². The van der Waals surface area contributed by atoms with E-state index in [2.05, 4.69) is 15.8 Å². The second kappa shape index (κ2) is 8.18. The SMILES string of the molecule is CC(C)c1cc(C(=O)NNC(=O)Cc2ccc(Cl)cc2)c2ccccc2n1. The summed E-state index contributed by atoms with van der Waals surface area (Å²) in [5.41, 5.74) is 7.83. The number of pyridine rings is 1. The standard InChI is InChI=1S/C21H20ClN3O2/c1-13(2)19-12-17(16-5-3-4-6-18(16)23-19)21(27)25-24-20(26)11-14-7-9-15(22)10-8-14/h3-10,12-13H,11H2,1-2H3,(H,24,26)(H,25,27). The van der Waals surface area contributed by atoms with Crippen molar-refractivity contribution in [3.63, 3.8) is 0 Å². The van der Waals surface area contributed by atoms with E-state index in [-0.39, 0.29) is 24.2 Å². The highest BCUT2D eigenvalue weighted by Gasteiger charge is 2.15. The van der Waals surface area contributed by atoms with E-state index in [4.69, 9.17) is 11.6 Å². The van der Waals surface area contributed by atoms with Gasteiger partial charge in [0.1, 0.15) is 0 Å². The smallest absolute Gasteiger partial charge is 0.270 e. The van der Waals surface area contributed by atoms with Gasteiger partial charge in [0.15, 0.2) is 0 Å². The van der Waals surface area contributed by atoms with Gasteiger partial charge in [-0.1, -0.05) is 55.8 Å². The molecule has 27 heavy (non-hydrogen) atoms. The van der Waals surface area contributed by atoms with Gasteiger partial charge in [-0.25, -0.2) is 0 Å². The lowest BCUT2D eigenvalue weighted by atomic mass is 10.0. The van der Waals surface area contributed by atoms with Crippen LogP contribution in [0.15, 0.2) is 54.6 Å². The molecule has 6 heteroatoms. The van der Waals surface area contributed by atoms with Crippen LogP contribution in [0.5, 0.6) is 0 Å². The zero-order valence-electron chi connectivity index (χ0n) is 15.1. The maximum atomic E-state index is 12.7. The minimum absolute atomic E-state index is 0.145. The van der Waals surface area contributed by atoms with Gasteiger partial charge >= 0.3 is 0 Å². The van der Waals surface area contributed by atoms with Crippen LogP contribution in [0.2, 0.25) is 5.02 Å². The Balaban J connectivity index is 1.74. The molecule has 3 aromatic rings. The fraction of sp³-hybridized carbons (Fsp3) is 0.190. The molecule has 0 spiro atoms. The lowest BCUT2D eigenvalue weighted by Gasteiger charge is -2.12. The first-order valence-electron chi connectivity index (χ1n) is 8.67. The van der Waals surface area contributed by atoms with Gasteiger partial charge in [-0.3, -0.25) is 25.4 Å². The first kappa shape index (κ1) is 18.9. The topological polar surface area (TPSA) is 71.1 Å². The number of nitrogens with zero attached hydrogens (tertiary/aromatic N) is 1. The van der Waals surface area contributed by atoms with Crippen LogP contribution in [0, 0.1) is 0 Å². The summed E-state index contributed by atoms with van der Waals surface area (Å²) in [6, 6.07) is 16.2. The highest BCUT2D eigenvalue weighted by Crippen LogP contribution is 2.22. The van der Waals surface area contributed by atoms with E-state index in [0.717, 1.165) is 22.2 Å². The van der Waals surface area contributed by atoms with E-state index in [9.17, 15) is 9.59 Å². The Morgan fingerprint density at radius 3 is 2.44 bits per heavy atom. The van der Waals surface area contributed by atoms with Crippen molar-refractivity contribution in [1.82, 2.24) is 15.8 Å². The number of carbonyl (C=O) groups is 2. The Morgan fingerprint density at radius 2 is 1.74 bits per heavy atom. The molecule has 1 aromatic heterocycles. The van der Waals surface area contributed by atoms with Gasteiger partial charge in [-0.15, -0.1) is 0 Å². The third kappa shape index (κ3) is 4.63. The zero-order valence-corrected chi connectivity index (χ0v) is 15.9. The van der Waals surface area contributed by atoms with Crippen molar-refractivity contribution in [3.8, 4) is 0 Å². The van der Waals surface area contributed by atoms with Crippen LogP contribution in [-0.4, -0.2) is 16.8 Å². The second-order valence-corrected chi connectivity index (χ2v) is 7.01. The van der Waals surface area contributed by atoms with Crippen molar-refractivity contribution in [1.29, 1.82) is 0 Å². The highest BCUT2D eigenvalue weighted by atomic mass is 35.5. The third-order valence-electron chi connectivity index (χ3n) is 4.17.